The van der Waals surface area contributed by atoms with Gasteiger partial charge in [-0.25, -0.2) is 4.79 Å². The number of methoxy groups -OCH3 is 3. The standard InChI is InChI=1S/C14H19NO4/c1-17-10-6-7-11(12(8-10)18-2)13(14(16)19-3)15-9-4-5-9/h6-9,13,15H,4-5H2,1-3H3. The fourth-order valence-corrected chi connectivity index (χ4v) is 1.95. The molecule has 0 spiro atoms. The quantitative estimate of drug-likeness (QED) is 0.793. The molecule has 1 atom stereocenters. The summed E-state index contributed by atoms with van der Waals surface area (Å²) in [4.78, 5) is 11.9. The lowest BCUT2D eigenvalue weighted by molar-refractivity contribution is -0.143. The maximum absolute atomic E-state index is 11.9. The highest BCUT2D eigenvalue weighted by Crippen LogP contribution is 2.32. The zero-order chi connectivity index (χ0) is 13.8. The molecule has 0 aliphatic heterocycles. The number of hydrogen-bond donors (Lipinski definition) is 1. The Labute approximate surface area is 112 Å². The zero-order valence-electron chi connectivity index (χ0n) is 11.4. The molecular formula is C14H19NO4. The summed E-state index contributed by atoms with van der Waals surface area (Å²) in [7, 11) is 4.55. The maximum atomic E-state index is 11.9. The molecule has 1 saturated carbocycles. The molecular weight excluding hydrogens is 246 g/mol. The van der Waals surface area contributed by atoms with E-state index >= 15 is 0 Å². The van der Waals surface area contributed by atoms with Crippen LogP contribution in [0.1, 0.15) is 24.4 Å². The first-order chi connectivity index (χ1) is 9.19. The number of esters is 1. The van der Waals surface area contributed by atoms with E-state index in [9.17, 15) is 4.79 Å². The molecule has 104 valence electrons. The maximum Gasteiger partial charge on any atom is 0.327 e. The number of hydrogen-bond acceptors (Lipinski definition) is 5. The molecule has 5 heteroatoms. The first-order valence-electron chi connectivity index (χ1n) is 6.25. The first kappa shape index (κ1) is 13.7. The molecule has 1 aromatic carbocycles. The number of ether oxygens (including phenoxy) is 3. The van der Waals surface area contributed by atoms with Crippen LogP contribution in [0.2, 0.25) is 0 Å². The van der Waals surface area contributed by atoms with Crippen LogP contribution < -0.4 is 14.8 Å². The van der Waals surface area contributed by atoms with Gasteiger partial charge in [0.15, 0.2) is 0 Å². The second kappa shape index (κ2) is 5.93. The predicted octanol–water partition coefficient (Wildman–Crippen LogP) is 1.67. The van der Waals surface area contributed by atoms with E-state index in [4.69, 9.17) is 14.2 Å². The van der Waals surface area contributed by atoms with Crippen molar-refractivity contribution in [3.63, 3.8) is 0 Å². The van der Waals surface area contributed by atoms with Gasteiger partial charge >= 0.3 is 5.97 Å². The molecule has 0 aromatic heterocycles. The molecule has 1 N–H and O–H groups in total. The van der Waals surface area contributed by atoms with Crippen molar-refractivity contribution < 1.29 is 19.0 Å². The van der Waals surface area contributed by atoms with Gasteiger partial charge in [0.25, 0.3) is 0 Å². The molecule has 1 aliphatic rings. The van der Waals surface area contributed by atoms with Crippen molar-refractivity contribution in [1.29, 1.82) is 0 Å². The Bertz CT molecular complexity index is 457. The van der Waals surface area contributed by atoms with E-state index in [1.54, 1.807) is 20.3 Å². The SMILES string of the molecule is COC(=O)C(NC1CC1)c1ccc(OC)cc1OC. The fourth-order valence-electron chi connectivity index (χ4n) is 1.95. The van der Waals surface area contributed by atoms with Gasteiger partial charge in [-0.05, 0) is 25.0 Å². The predicted molar refractivity (Wildman–Crippen MR) is 70.5 cm³/mol. The van der Waals surface area contributed by atoms with Crippen LogP contribution in [0.5, 0.6) is 11.5 Å². The molecule has 1 aromatic rings. The van der Waals surface area contributed by atoms with Gasteiger partial charge in [0.1, 0.15) is 17.5 Å². The van der Waals surface area contributed by atoms with Crippen molar-refractivity contribution in [2.45, 2.75) is 24.9 Å². The van der Waals surface area contributed by atoms with E-state index in [1.807, 2.05) is 12.1 Å². The fraction of sp³-hybridized carbons (Fsp3) is 0.500. The Morgan fingerprint density at radius 2 is 2.00 bits per heavy atom. The van der Waals surface area contributed by atoms with Crippen LogP contribution in [0.4, 0.5) is 0 Å². The van der Waals surface area contributed by atoms with Gasteiger partial charge in [0.2, 0.25) is 0 Å². The van der Waals surface area contributed by atoms with Gasteiger partial charge in [0, 0.05) is 17.7 Å². The van der Waals surface area contributed by atoms with Gasteiger partial charge in [0.05, 0.1) is 21.3 Å². The highest BCUT2D eigenvalue weighted by atomic mass is 16.5. The van der Waals surface area contributed by atoms with Crippen LogP contribution in [0, 0.1) is 0 Å². The molecule has 0 saturated heterocycles. The molecule has 1 aliphatic carbocycles. The Morgan fingerprint density at radius 1 is 1.26 bits per heavy atom. The van der Waals surface area contributed by atoms with Gasteiger partial charge in [-0.15, -0.1) is 0 Å². The van der Waals surface area contributed by atoms with Crippen molar-refractivity contribution in [1.82, 2.24) is 5.32 Å². The average molecular weight is 265 g/mol. The summed E-state index contributed by atoms with van der Waals surface area (Å²) < 4.78 is 15.4. The summed E-state index contributed by atoms with van der Waals surface area (Å²) in [5, 5.41) is 3.27. The first-order valence-corrected chi connectivity index (χ1v) is 6.25. The second-order valence-corrected chi connectivity index (χ2v) is 4.50. The van der Waals surface area contributed by atoms with Crippen LogP contribution in [0.15, 0.2) is 18.2 Å². The Morgan fingerprint density at radius 3 is 2.53 bits per heavy atom. The summed E-state index contributed by atoms with van der Waals surface area (Å²) in [5.41, 5.74) is 0.766. The molecule has 0 radical (unpaired) electrons. The van der Waals surface area contributed by atoms with E-state index in [1.165, 1.54) is 7.11 Å². The Balaban J connectivity index is 2.30. The second-order valence-electron chi connectivity index (χ2n) is 4.50. The minimum absolute atomic E-state index is 0.310. The van der Waals surface area contributed by atoms with Crippen molar-refractivity contribution in [3.05, 3.63) is 23.8 Å². The van der Waals surface area contributed by atoms with Gasteiger partial charge in [-0.1, -0.05) is 0 Å². The van der Waals surface area contributed by atoms with Gasteiger partial charge in [-0.2, -0.15) is 0 Å². The molecule has 19 heavy (non-hydrogen) atoms. The number of carbonyl (C=O) groups is 1. The lowest BCUT2D eigenvalue weighted by Gasteiger charge is -2.19. The smallest absolute Gasteiger partial charge is 0.327 e. The monoisotopic (exact) mass is 265 g/mol. The zero-order valence-corrected chi connectivity index (χ0v) is 11.4. The van der Waals surface area contributed by atoms with Crippen molar-refractivity contribution in [3.8, 4) is 11.5 Å². The van der Waals surface area contributed by atoms with E-state index in [-0.39, 0.29) is 5.97 Å². The minimum Gasteiger partial charge on any atom is -0.497 e. The topological polar surface area (TPSA) is 56.8 Å². The molecule has 0 amide bonds. The summed E-state index contributed by atoms with van der Waals surface area (Å²) in [6.45, 7) is 0. The Kier molecular flexibility index (Phi) is 4.27. The Hall–Kier alpha value is -1.75. The lowest BCUT2D eigenvalue weighted by atomic mass is 10.1. The molecule has 2 rings (SSSR count). The lowest BCUT2D eigenvalue weighted by Crippen LogP contribution is -2.31. The third kappa shape index (κ3) is 3.17. The average Bonchev–Trinajstić information content (AvgIpc) is 3.27. The van der Waals surface area contributed by atoms with E-state index < -0.39 is 6.04 Å². The summed E-state index contributed by atoms with van der Waals surface area (Å²) in [5.74, 6) is 0.994. The summed E-state index contributed by atoms with van der Waals surface area (Å²) in [6, 6.07) is 5.28. The normalized spacial score (nSPS) is 15.7. The largest absolute Gasteiger partial charge is 0.497 e. The summed E-state index contributed by atoms with van der Waals surface area (Å²) >= 11 is 0. The number of benzene rings is 1. The number of nitrogens with one attached hydrogen (secondary N) is 1. The number of rotatable bonds is 6. The minimum atomic E-state index is -0.502. The molecule has 0 heterocycles. The van der Waals surface area contributed by atoms with Gasteiger partial charge < -0.3 is 14.2 Å². The molecule has 1 unspecified atom stereocenters. The van der Waals surface area contributed by atoms with Crippen molar-refractivity contribution in [2.75, 3.05) is 21.3 Å². The van der Waals surface area contributed by atoms with E-state index in [0.717, 1.165) is 18.4 Å². The molecule has 1 fully saturated rings. The van der Waals surface area contributed by atoms with Crippen LogP contribution >= 0.6 is 0 Å². The van der Waals surface area contributed by atoms with Crippen LogP contribution in [0.25, 0.3) is 0 Å². The molecule has 5 nitrogen and oxygen atoms in total. The number of carbonyl (C=O) groups excluding carboxylic acids is 1. The van der Waals surface area contributed by atoms with Crippen molar-refractivity contribution >= 4 is 5.97 Å². The third-order valence-electron chi connectivity index (χ3n) is 3.17. The summed E-state index contributed by atoms with van der Waals surface area (Å²) in [6.07, 6.45) is 2.18. The van der Waals surface area contributed by atoms with Gasteiger partial charge in [-0.3, -0.25) is 5.32 Å². The van der Waals surface area contributed by atoms with Crippen LogP contribution in [-0.4, -0.2) is 33.3 Å². The highest BCUT2D eigenvalue weighted by molar-refractivity contribution is 5.79. The van der Waals surface area contributed by atoms with E-state index in [2.05, 4.69) is 5.32 Å². The van der Waals surface area contributed by atoms with E-state index in [0.29, 0.717) is 17.5 Å². The molecule has 0 bridgehead atoms. The highest BCUT2D eigenvalue weighted by Gasteiger charge is 2.31. The van der Waals surface area contributed by atoms with Crippen LogP contribution in [-0.2, 0) is 9.53 Å². The third-order valence-corrected chi connectivity index (χ3v) is 3.17. The van der Waals surface area contributed by atoms with Crippen LogP contribution in [0.3, 0.4) is 0 Å². The van der Waals surface area contributed by atoms with Crippen molar-refractivity contribution in [2.24, 2.45) is 0 Å².